The number of benzene rings is 1. The van der Waals surface area contributed by atoms with Gasteiger partial charge in [-0.1, -0.05) is 18.2 Å². The molecule has 126 valence electrons. The van der Waals surface area contributed by atoms with Gasteiger partial charge >= 0.3 is 0 Å². The molecule has 0 fully saturated rings. The molecule has 0 aliphatic heterocycles. The van der Waals surface area contributed by atoms with E-state index < -0.39 is 0 Å². The SMILES string of the molecule is CN=C(NCCc1nc2ccccc2[nH]1)NCc1ccccn1.I. The highest BCUT2D eigenvalue weighted by atomic mass is 127. The quantitative estimate of drug-likeness (QED) is 0.326. The molecular weight excluding hydrogens is 415 g/mol. The standard InChI is InChI=1S/C17H20N6.HI/c1-18-17(21-12-13-6-4-5-10-19-13)20-11-9-16-22-14-7-2-3-8-15(14)23-16;/h2-8,10H,9,11-12H2,1H3,(H,22,23)(H2,18,20,21);1H. The molecule has 0 spiro atoms. The molecule has 0 bridgehead atoms. The van der Waals surface area contributed by atoms with E-state index in [4.69, 9.17) is 0 Å². The number of aliphatic imine (C=N–C) groups is 1. The Hall–Kier alpha value is -2.16. The number of nitrogens with zero attached hydrogens (tertiary/aromatic N) is 3. The van der Waals surface area contributed by atoms with E-state index in [-0.39, 0.29) is 24.0 Å². The molecule has 24 heavy (non-hydrogen) atoms. The number of pyridine rings is 1. The second-order valence-electron chi connectivity index (χ2n) is 5.12. The van der Waals surface area contributed by atoms with Crippen molar-refractivity contribution in [1.29, 1.82) is 0 Å². The normalized spacial score (nSPS) is 11.1. The number of nitrogens with one attached hydrogen (secondary N) is 3. The fourth-order valence-electron chi connectivity index (χ4n) is 2.32. The second-order valence-corrected chi connectivity index (χ2v) is 5.12. The van der Waals surface area contributed by atoms with Gasteiger partial charge in [-0.15, -0.1) is 24.0 Å². The predicted molar refractivity (Wildman–Crippen MR) is 108 cm³/mol. The highest BCUT2D eigenvalue weighted by molar-refractivity contribution is 14.0. The highest BCUT2D eigenvalue weighted by Crippen LogP contribution is 2.10. The number of hydrogen-bond donors (Lipinski definition) is 3. The zero-order chi connectivity index (χ0) is 15.9. The van der Waals surface area contributed by atoms with Crippen LogP contribution in [0.3, 0.4) is 0 Å². The Labute approximate surface area is 158 Å². The van der Waals surface area contributed by atoms with Crippen LogP contribution in [0.4, 0.5) is 0 Å². The number of guanidine groups is 1. The second kappa shape index (κ2) is 9.21. The lowest BCUT2D eigenvalue weighted by Crippen LogP contribution is -2.38. The van der Waals surface area contributed by atoms with Gasteiger partial charge in [0, 0.05) is 26.2 Å². The van der Waals surface area contributed by atoms with Gasteiger partial charge in [-0.2, -0.15) is 0 Å². The minimum Gasteiger partial charge on any atom is -0.356 e. The fourth-order valence-corrected chi connectivity index (χ4v) is 2.32. The summed E-state index contributed by atoms with van der Waals surface area (Å²) in [6, 6.07) is 13.9. The van der Waals surface area contributed by atoms with Gasteiger partial charge < -0.3 is 15.6 Å². The van der Waals surface area contributed by atoms with Crippen molar-refractivity contribution in [3.63, 3.8) is 0 Å². The largest absolute Gasteiger partial charge is 0.356 e. The maximum atomic E-state index is 4.56. The van der Waals surface area contributed by atoms with Gasteiger partial charge in [0.25, 0.3) is 0 Å². The number of H-pyrrole nitrogens is 1. The summed E-state index contributed by atoms with van der Waals surface area (Å²) in [5.41, 5.74) is 3.05. The summed E-state index contributed by atoms with van der Waals surface area (Å²) in [6.45, 7) is 1.40. The molecule has 3 rings (SSSR count). The summed E-state index contributed by atoms with van der Waals surface area (Å²) in [4.78, 5) is 16.4. The first-order chi connectivity index (χ1) is 11.3. The molecule has 0 saturated heterocycles. The van der Waals surface area contributed by atoms with Crippen LogP contribution in [-0.2, 0) is 13.0 Å². The van der Waals surface area contributed by atoms with Crippen molar-refractivity contribution in [1.82, 2.24) is 25.6 Å². The molecule has 3 N–H and O–H groups in total. The van der Waals surface area contributed by atoms with Crippen molar-refractivity contribution < 1.29 is 0 Å². The minimum absolute atomic E-state index is 0. The van der Waals surface area contributed by atoms with Crippen molar-refractivity contribution in [2.45, 2.75) is 13.0 Å². The summed E-state index contributed by atoms with van der Waals surface area (Å²) < 4.78 is 0. The average molecular weight is 436 g/mol. The van der Waals surface area contributed by atoms with E-state index >= 15 is 0 Å². The van der Waals surface area contributed by atoms with Crippen molar-refractivity contribution in [3.8, 4) is 0 Å². The van der Waals surface area contributed by atoms with Crippen molar-refractivity contribution >= 4 is 41.0 Å². The van der Waals surface area contributed by atoms with Crippen LogP contribution in [0.25, 0.3) is 11.0 Å². The van der Waals surface area contributed by atoms with Crippen LogP contribution in [0, 0.1) is 0 Å². The van der Waals surface area contributed by atoms with Gasteiger partial charge in [0.05, 0.1) is 23.3 Å². The Balaban J connectivity index is 0.00000208. The summed E-state index contributed by atoms with van der Waals surface area (Å²) in [5, 5.41) is 6.53. The molecule has 1 aromatic carbocycles. The Morgan fingerprint density at radius 3 is 2.71 bits per heavy atom. The first-order valence-corrected chi connectivity index (χ1v) is 7.63. The topological polar surface area (TPSA) is 78.0 Å². The van der Waals surface area contributed by atoms with Crippen molar-refractivity contribution in [2.75, 3.05) is 13.6 Å². The number of para-hydroxylation sites is 2. The molecule has 2 aromatic heterocycles. The van der Waals surface area contributed by atoms with Crippen LogP contribution in [-0.4, -0.2) is 34.5 Å². The van der Waals surface area contributed by atoms with Crippen molar-refractivity contribution in [2.24, 2.45) is 4.99 Å². The van der Waals surface area contributed by atoms with Crippen LogP contribution in [0.5, 0.6) is 0 Å². The first-order valence-electron chi connectivity index (χ1n) is 7.63. The smallest absolute Gasteiger partial charge is 0.191 e. The zero-order valence-corrected chi connectivity index (χ0v) is 15.8. The number of rotatable bonds is 5. The molecule has 7 heteroatoms. The molecule has 0 amide bonds. The Bertz CT molecular complexity index is 751. The first kappa shape index (κ1) is 18.2. The fraction of sp³-hybridized carbons (Fsp3) is 0.235. The summed E-state index contributed by atoms with van der Waals surface area (Å²) in [5.74, 6) is 1.73. The number of halogens is 1. The monoisotopic (exact) mass is 436 g/mol. The van der Waals surface area contributed by atoms with Crippen LogP contribution < -0.4 is 10.6 Å². The lowest BCUT2D eigenvalue weighted by Gasteiger charge is -2.10. The molecular formula is C17H21IN6. The number of aromatic amines is 1. The molecule has 0 aliphatic rings. The Morgan fingerprint density at radius 1 is 1.12 bits per heavy atom. The van der Waals surface area contributed by atoms with E-state index in [1.807, 2.05) is 42.5 Å². The number of fused-ring (bicyclic) bond motifs is 1. The third-order valence-electron chi connectivity index (χ3n) is 3.48. The molecule has 0 saturated carbocycles. The highest BCUT2D eigenvalue weighted by Gasteiger charge is 2.03. The van der Waals surface area contributed by atoms with E-state index in [0.717, 1.165) is 41.5 Å². The molecule has 0 radical (unpaired) electrons. The van der Waals surface area contributed by atoms with Crippen molar-refractivity contribution in [3.05, 3.63) is 60.2 Å². The van der Waals surface area contributed by atoms with E-state index in [1.54, 1.807) is 13.2 Å². The number of imidazole rings is 1. The van der Waals surface area contributed by atoms with Gasteiger partial charge in [0.2, 0.25) is 0 Å². The Kier molecular flexibility index (Phi) is 6.98. The minimum atomic E-state index is 0. The Morgan fingerprint density at radius 2 is 1.96 bits per heavy atom. The third-order valence-corrected chi connectivity index (χ3v) is 3.48. The molecule has 3 aromatic rings. The predicted octanol–water partition coefficient (Wildman–Crippen LogP) is 2.48. The maximum absolute atomic E-state index is 4.56. The van der Waals surface area contributed by atoms with Gasteiger partial charge in [-0.3, -0.25) is 9.98 Å². The molecule has 0 aliphatic carbocycles. The zero-order valence-electron chi connectivity index (χ0n) is 13.5. The van der Waals surface area contributed by atoms with E-state index in [0.29, 0.717) is 6.54 Å². The maximum Gasteiger partial charge on any atom is 0.191 e. The van der Waals surface area contributed by atoms with Gasteiger partial charge in [0.1, 0.15) is 5.82 Å². The number of aromatic nitrogens is 3. The van der Waals surface area contributed by atoms with Crippen LogP contribution in [0.1, 0.15) is 11.5 Å². The molecule has 0 atom stereocenters. The summed E-state index contributed by atoms with van der Waals surface area (Å²) in [7, 11) is 1.76. The number of hydrogen-bond acceptors (Lipinski definition) is 3. The van der Waals surface area contributed by atoms with E-state index in [2.05, 4.69) is 30.6 Å². The van der Waals surface area contributed by atoms with Crippen LogP contribution in [0.2, 0.25) is 0 Å². The van der Waals surface area contributed by atoms with E-state index in [9.17, 15) is 0 Å². The molecule has 6 nitrogen and oxygen atoms in total. The third kappa shape index (κ3) is 4.92. The average Bonchev–Trinajstić information content (AvgIpc) is 3.01. The molecule has 0 unspecified atom stereocenters. The van der Waals surface area contributed by atoms with Gasteiger partial charge in [-0.25, -0.2) is 4.98 Å². The summed E-state index contributed by atoms with van der Waals surface area (Å²) in [6.07, 6.45) is 2.59. The van der Waals surface area contributed by atoms with Crippen LogP contribution in [0.15, 0.2) is 53.7 Å². The van der Waals surface area contributed by atoms with Gasteiger partial charge in [-0.05, 0) is 24.3 Å². The lowest BCUT2D eigenvalue weighted by atomic mass is 10.3. The van der Waals surface area contributed by atoms with Crippen LogP contribution >= 0.6 is 24.0 Å². The summed E-state index contributed by atoms with van der Waals surface area (Å²) >= 11 is 0. The van der Waals surface area contributed by atoms with E-state index in [1.165, 1.54) is 0 Å². The molecule has 2 heterocycles. The lowest BCUT2D eigenvalue weighted by molar-refractivity contribution is 0.769. The van der Waals surface area contributed by atoms with Gasteiger partial charge in [0.15, 0.2) is 5.96 Å².